The van der Waals surface area contributed by atoms with Gasteiger partial charge in [0.15, 0.2) is 6.61 Å². The molecule has 0 saturated heterocycles. The second kappa shape index (κ2) is 7.66. The number of nitrogens with two attached hydrogens (primary N) is 1. The zero-order chi connectivity index (χ0) is 15.2. The van der Waals surface area contributed by atoms with Crippen molar-refractivity contribution in [3.05, 3.63) is 29.3 Å². The van der Waals surface area contributed by atoms with Crippen molar-refractivity contribution in [2.45, 2.75) is 32.2 Å². The van der Waals surface area contributed by atoms with Gasteiger partial charge in [-0.3, -0.25) is 4.79 Å². The molecule has 1 aromatic carbocycles. The number of carbonyl (C=O) groups excluding carboxylic acids is 1. The molecule has 1 aromatic rings. The van der Waals surface area contributed by atoms with Gasteiger partial charge >= 0.3 is 0 Å². The maximum absolute atomic E-state index is 12.4. The monoisotopic (exact) mass is 310 g/mol. The smallest absolute Gasteiger partial charge is 0.260 e. The third kappa shape index (κ3) is 4.11. The fourth-order valence-electron chi connectivity index (χ4n) is 3.08. The van der Waals surface area contributed by atoms with Crippen LogP contribution in [0.5, 0.6) is 5.75 Å². The van der Waals surface area contributed by atoms with E-state index in [4.69, 9.17) is 22.1 Å². The summed E-state index contributed by atoms with van der Waals surface area (Å²) >= 11 is 5.90. The van der Waals surface area contributed by atoms with E-state index in [1.54, 1.807) is 24.3 Å². The van der Waals surface area contributed by atoms with Gasteiger partial charge in [0, 0.05) is 17.6 Å². The summed E-state index contributed by atoms with van der Waals surface area (Å²) in [6.07, 6.45) is 3.30. The van der Waals surface area contributed by atoms with Crippen molar-refractivity contribution in [1.82, 2.24) is 4.90 Å². The average molecular weight is 311 g/mol. The SMILES string of the molecule is CCN(C(=O)COc1cccc(Cl)c1)C1CCCC1CN. The molecule has 2 atom stereocenters. The molecule has 0 aliphatic heterocycles. The standard InChI is InChI=1S/C16H23ClN2O2/c1-2-19(15-8-3-5-12(15)10-18)16(20)11-21-14-7-4-6-13(17)9-14/h4,6-7,9,12,15H,2-3,5,8,10-11,18H2,1H3. The third-order valence-corrected chi connectivity index (χ3v) is 4.38. The van der Waals surface area contributed by atoms with Gasteiger partial charge in [-0.05, 0) is 50.4 Å². The van der Waals surface area contributed by atoms with Gasteiger partial charge in [0.25, 0.3) is 5.91 Å². The molecule has 5 heteroatoms. The quantitative estimate of drug-likeness (QED) is 0.879. The molecular weight excluding hydrogens is 288 g/mol. The lowest BCUT2D eigenvalue weighted by atomic mass is 10.0. The largest absolute Gasteiger partial charge is 0.484 e. The highest BCUT2D eigenvalue weighted by atomic mass is 35.5. The maximum Gasteiger partial charge on any atom is 0.260 e. The Hall–Kier alpha value is -1.26. The summed E-state index contributed by atoms with van der Waals surface area (Å²) in [7, 11) is 0. The summed E-state index contributed by atoms with van der Waals surface area (Å²) in [4.78, 5) is 14.3. The Labute approximate surface area is 131 Å². The normalized spacial score (nSPS) is 21.3. The molecule has 2 N–H and O–H groups in total. The van der Waals surface area contributed by atoms with Crippen molar-refractivity contribution in [2.24, 2.45) is 11.7 Å². The van der Waals surface area contributed by atoms with Crippen LogP contribution in [0.2, 0.25) is 5.02 Å². The maximum atomic E-state index is 12.4. The number of hydrogen-bond donors (Lipinski definition) is 1. The number of hydrogen-bond acceptors (Lipinski definition) is 3. The van der Waals surface area contributed by atoms with Gasteiger partial charge in [-0.2, -0.15) is 0 Å². The minimum Gasteiger partial charge on any atom is -0.484 e. The van der Waals surface area contributed by atoms with Gasteiger partial charge < -0.3 is 15.4 Å². The minimum absolute atomic E-state index is 0.0165. The molecule has 1 amide bonds. The van der Waals surface area contributed by atoms with Gasteiger partial charge in [0.05, 0.1) is 0 Å². The predicted octanol–water partition coefficient (Wildman–Crippen LogP) is 2.69. The van der Waals surface area contributed by atoms with Crippen LogP contribution < -0.4 is 10.5 Å². The Morgan fingerprint density at radius 1 is 1.48 bits per heavy atom. The number of rotatable bonds is 6. The number of likely N-dealkylation sites (N-methyl/N-ethyl adjacent to an activating group) is 1. The highest BCUT2D eigenvalue weighted by Gasteiger charge is 2.33. The van der Waals surface area contributed by atoms with E-state index in [9.17, 15) is 4.79 Å². The number of carbonyl (C=O) groups is 1. The van der Waals surface area contributed by atoms with Gasteiger partial charge in [-0.25, -0.2) is 0 Å². The van der Waals surface area contributed by atoms with E-state index in [0.717, 1.165) is 19.3 Å². The van der Waals surface area contributed by atoms with Crippen LogP contribution in [0.15, 0.2) is 24.3 Å². The number of halogens is 1. The molecule has 0 heterocycles. The summed E-state index contributed by atoms with van der Waals surface area (Å²) in [5, 5.41) is 0.603. The van der Waals surface area contributed by atoms with E-state index >= 15 is 0 Å². The third-order valence-electron chi connectivity index (χ3n) is 4.14. The Bertz CT molecular complexity index is 481. The Balaban J connectivity index is 1.94. The molecule has 2 rings (SSSR count). The van der Waals surface area contributed by atoms with Crippen molar-refractivity contribution in [3.63, 3.8) is 0 Å². The molecule has 1 aliphatic carbocycles. The first-order chi connectivity index (χ1) is 10.2. The summed E-state index contributed by atoms with van der Waals surface area (Å²) in [5.74, 6) is 1.05. The molecular formula is C16H23ClN2O2. The first kappa shape index (κ1) is 16.1. The van der Waals surface area contributed by atoms with Crippen LogP contribution in [-0.4, -0.2) is 36.5 Å². The Morgan fingerprint density at radius 3 is 2.95 bits per heavy atom. The van der Waals surface area contributed by atoms with E-state index in [0.29, 0.717) is 29.8 Å². The van der Waals surface area contributed by atoms with E-state index in [1.807, 2.05) is 11.8 Å². The molecule has 116 valence electrons. The van der Waals surface area contributed by atoms with Crippen molar-refractivity contribution in [3.8, 4) is 5.75 Å². The van der Waals surface area contributed by atoms with Crippen LogP contribution in [0.3, 0.4) is 0 Å². The molecule has 4 nitrogen and oxygen atoms in total. The Kier molecular flexibility index (Phi) is 5.88. The highest BCUT2D eigenvalue weighted by molar-refractivity contribution is 6.30. The van der Waals surface area contributed by atoms with Crippen LogP contribution >= 0.6 is 11.6 Å². The van der Waals surface area contributed by atoms with Crippen LogP contribution in [0.25, 0.3) is 0 Å². The van der Waals surface area contributed by atoms with Gasteiger partial charge in [0.2, 0.25) is 0 Å². The minimum atomic E-state index is 0.0165. The fraction of sp³-hybridized carbons (Fsp3) is 0.562. The van der Waals surface area contributed by atoms with Crippen molar-refractivity contribution < 1.29 is 9.53 Å². The highest BCUT2D eigenvalue weighted by Crippen LogP contribution is 2.29. The van der Waals surface area contributed by atoms with E-state index in [2.05, 4.69) is 0 Å². The molecule has 1 saturated carbocycles. The molecule has 21 heavy (non-hydrogen) atoms. The molecule has 1 aliphatic rings. The van der Waals surface area contributed by atoms with E-state index in [-0.39, 0.29) is 18.6 Å². The van der Waals surface area contributed by atoms with Crippen LogP contribution in [0.4, 0.5) is 0 Å². The van der Waals surface area contributed by atoms with Crippen molar-refractivity contribution >= 4 is 17.5 Å². The van der Waals surface area contributed by atoms with Crippen molar-refractivity contribution in [2.75, 3.05) is 19.7 Å². The molecule has 1 fully saturated rings. The fourth-order valence-corrected chi connectivity index (χ4v) is 3.26. The summed E-state index contributed by atoms with van der Waals surface area (Å²) in [5.41, 5.74) is 5.81. The molecule has 0 radical (unpaired) electrons. The van der Waals surface area contributed by atoms with Crippen LogP contribution in [-0.2, 0) is 4.79 Å². The van der Waals surface area contributed by atoms with Gasteiger partial charge in [-0.15, -0.1) is 0 Å². The Morgan fingerprint density at radius 2 is 2.29 bits per heavy atom. The molecule has 0 aromatic heterocycles. The predicted molar refractivity (Wildman–Crippen MR) is 84.5 cm³/mol. The lowest BCUT2D eigenvalue weighted by Gasteiger charge is -2.31. The van der Waals surface area contributed by atoms with Crippen molar-refractivity contribution in [1.29, 1.82) is 0 Å². The lowest BCUT2D eigenvalue weighted by molar-refractivity contribution is -0.136. The molecule has 0 bridgehead atoms. The number of amides is 1. The summed E-state index contributed by atoms with van der Waals surface area (Å²) < 4.78 is 5.55. The van der Waals surface area contributed by atoms with Crippen LogP contribution in [0, 0.1) is 5.92 Å². The van der Waals surface area contributed by atoms with Gasteiger partial charge in [-0.1, -0.05) is 24.1 Å². The zero-order valence-corrected chi connectivity index (χ0v) is 13.2. The number of ether oxygens (including phenoxy) is 1. The first-order valence-electron chi connectivity index (χ1n) is 7.53. The number of benzene rings is 1. The van der Waals surface area contributed by atoms with Gasteiger partial charge in [0.1, 0.15) is 5.75 Å². The van der Waals surface area contributed by atoms with E-state index in [1.165, 1.54) is 0 Å². The lowest BCUT2D eigenvalue weighted by Crippen LogP contribution is -2.46. The second-order valence-corrected chi connectivity index (χ2v) is 5.86. The van der Waals surface area contributed by atoms with E-state index < -0.39 is 0 Å². The first-order valence-corrected chi connectivity index (χ1v) is 7.91. The number of nitrogens with zero attached hydrogens (tertiary/aromatic N) is 1. The molecule has 0 spiro atoms. The summed E-state index contributed by atoms with van der Waals surface area (Å²) in [6.45, 7) is 3.38. The summed E-state index contributed by atoms with van der Waals surface area (Å²) in [6, 6.07) is 7.35. The van der Waals surface area contributed by atoms with Crippen LogP contribution in [0.1, 0.15) is 26.2 Å². The second-order valence-electron chi connectivity index (χ2n) is 5.42. The topological polar surface area (TPSA) is 55.6 Å². The zero-order valence-electron chi connectivity index (χ0n) is 12.4. The molecule has 2 unspecified atom stereocenters. The average Bonchev–Trinajstić information content (AvgIpc) is 2.94.